The highest BCUT2D eigenvalue weighted by atomic mass is 35.5. The number of allylic oxidation sites excluding steroid dienone is 3. The Hall–Kier alpha value is -4.28. The van der Waals surface area contributed by atoms with E-state index in [0.717, 1.165) is 5.56 Å². The third kappa shape index (κ3) is 8.62. The van der Waals surface area contributed by atoms with Crippen molar-refractivity contribution in [3.8, 4) is 5.75 Å². The third-order valence-electron chi connectivity index (χ3n) is 5.90. The summed E-state index contributed by atoms with van der Waals surface area (Å²) >= 11 is 6.05. The summed E-state index contributed by atoms with van der Waals surface area (Å²) in [4.78, 5) is 23.0. The van der Waals surface area contributed by atoms with Crippen molar-refractivity contribution < 1.29 is 32.6 Å². The zero-order chi connectivity index (χ0) is 29.4. The van der Waals surface area contributed by atoms with E-state index in [1.165, 1.54) is 29.3 Å². The van der Waals surface area contributed by atoms with Crippen LogP contribution in [0.25, 0.3) is 5.57 Å². The van der Waals surface area contributed by atoms with Gasteiger partial charge in [-0.15, -0.1) is 13.2 Å². The van der Waals surface area contributed by atoms with Crippen LogP contribution in [0, 0.1) is 0 Å². The molecular weight excluding hydrogens is 547 g/mol. The molecule has 0 aliphatic heterocycles. The molecule has 1 amide bonds. The minimum atomic E-state index is -4.80. The number of nitrogens with zero attached hydrogens (tertiary/aromatic N) is 1. The standard InChI is InChI=1S/C29H27ClF3N3O4/c1-18(20-7-13-25(14-8-20)40-29(31,32)33)17-26(19(2)21-3-9-23(30)10-4-21)36(34)24-11-5-22(6-12-24)28(39)35-16-15-27(37)38/h3-14,17,19H,1,15-16,34H2,2H3,(H,35,39)(H,37,38)/b26-17-. The van der Waals surface area contributed by atoms with Gasteiger partial charge in [0.1, 0.15) is 5.75 Å². The topological polar surface area (TPSA) is 105 Å². The van der Waals surface area contributed by atoms with E-state index < -0.39 is 18.2 Å². The van der Waals surface area contributed by atoms with Gasteiger partial charge < -0.3 is 15.2 Å². The van der Waals surface area contributed by atoms with E-state index in [9.17, 15) is 22.8 Å². The SMILES string of the molecule is C=C(/C=C(/C(C)c1ccc(Cl)cc1)N(N)c1ccc(C(=O)NCCC(=O)O)cc1)c1ccc(OC(F)(F)F)cc1. The molecule has 0 bridgehead atoms. The van der Waals surface area contributed by atoms with Gasteiger partial charge in [-0.25, -0.2) is 5.84 Å². The van der Waals surface area contributed by atoms with E-state index in [0.29, 0.717) is 33.1 Å². The van der Waals surface area contributed by atoms with Gasteiger partial charge in [0.15, 0.2) is 0 Å². The fraction of sp³-hybridized carbons (Fsp3) is 0.172. The number of carboxylic acid groups (broad SMARTS) is 1. The van der Waals surface area contributed by atoms with Gasteiger partial charge in [-0.1, -0.05) is 49.4 Å². The molecule has 3 aromatic carbocycles. The predicted octanol–water partition coefficient (Wildman–Crippen LogP) is 6.52. The smallest absolute Gasteiger partial charge is 0.481 e. The number of carbonyl (C=O) groups is 2. The molecule has 7 nitrogen and oxygen atoms in total. The Balaban J connectivity index is 1.89. The quantitative estimate of drug-likeness (QED) is 0.137. The Bertz CT molecular complexity index is 1370. The lowest BCUT2D eigenvalue weighted by atomic mass is 9.94. The van der Waals surface area contributed by atoms with Crippen molar-refractivity contribution in [2.75, 3.05) is 11.6 Å². The van der Waals surface area contributed by atoms with Crippen LogP contribution in [0.2, 0.25) is 5.02 Å². The van der Waals surface area contributed by atoms with Crippen molar-refractivity contribution in [3.05, 3.63) is 113 Å². The minimum absolute atomic E-state index is 0.00412. The zero-order valence-corrected chi connectivity index (χ0v) is 22.2. The van der Waals surface area contributed by atoms with E-state index in [1.807, 2.05) is 19.1 Å². The zero-order valence-electron chi connectivity index (χ0n) is 21.4. The number of hydrogen-bond acceptors (Lipinski definition) is 5. The summed E-state index contributed by atoms with van der Waals surface area (Å²) < 4.78 is 41.5. The van der Waals surface area contributed by atoms with Crippen LogP contribution in [0.1, 0.15) is 40.7 Å². The molecule has 1 atom stereocenters. The highest BCUT2D eigenvalue weighted by molar-refractivity contribution is 6.30. The first-order chi connectivity index (χ1) is 18.8. The number of benzene rings is 3. The first-order valence-corrected chi connectivity index (χ1v) is 12.4. The fourth-order valence-electron chi connectivity index (χ4n) is 3.77. The van der Waals surface area contributed by atoms with Crippen molar-refractivity contribution >= 4 is 34.7 Å². The highest BCUT2D eigenvalue weighted by Gasteiger charge is 2.31. The first kappa shape index (κ1) is 30.3. The third-order valence-corrected chi connectivity index (χ3v) is 6.16. The molecule has 0 heterocycles. The van der Waals surface area contributed by atoms with E-state index >= 15 is 0 Å². The number of alkyl halides is 3. The van der Waals surface area contributed by atoms with Crippen molar-refractivity contribution in [1.82, 2.24) is 5.32 Å². The van der Waals surface area contributed by atoms with Gasteiger partial charge in [0.25, 0.3) is 5.91 Å². The Morgan fingerprint density at radius 3 is 2.17 bits per heavy atom. The Morgan fingerprint density at radius 2 is 1.62 bits per heavy atom. The molecule has 0 saturated heterocycles. The molecule has 210 valence electrons. The molecule has 0 radical (unpaired) electrons. The van der Waals surface area contributed by atoms with Crippen LogP contribution in [-0.2, 0) is 4.79 Å². The highest BCUT2D eigenvalue weighted by Crippen LogP contribution is 2.32. The lowest BCUT2D eigenvalue weighted by Crippen LogP contribution is -2.32. The summed E-state index contributed by atoms with van der Waals surface area (Å²) in [6, 6.07) is 18.9. The molecule has 0 spiro atoms. The van der Waals surface area contributed by atoms with E-state index in [4.69, 9.17) is 22.6 Å². The molecule has 3 rings (SSSR count). The number of hydrazine groups is 1. The normalized spacial score (nSPS) is 12.4. The molecule has 0 aliphatic carbocycles. The summed E-state index contributed by atoms with van der Waals surface area (Å²) in [5.74, 6) is 4.49. The van der Waals surface area contributed by atoms with Gasteiger partial charge in [-0.3, -0.25) is 14.6 Å². The monoisotopic (exact) mass is 573 g/mol. The summed E-state index contributed by atoms with van der Waals surface area (Å²) in [7, 11) is 0. The average Bonchev–Trinajstić information content (AvgIpc) is 2.90. The first-order valence-electron chi connectivity index (χ1n) is 12.0. The molecular formula is C29H27ClF3N3O4. The van der Waals surface area contributed by atoms with Crippen LogP contribution in [0.4, 0.5) is 18.9 Å². The number of aliphatic carboxylic acids is 1. The van der Waals surface area contributed by atoms with Gasteiger partial charge in [-0.2, -0.15) is 0 Å². The molecule has 0 saturated carbocycles. The second kappa shape index (κ2) is 13.2. The number of nitrogens with two attached hydrogens (primary N) is 1. The molecule has 11 heteroatoms. The Morgan fingerprint density at radius 1 is 1.05 bits per heavy atom. The molecule has 4 N–H and O–H groups in total. The Labute approximate surface area is 234 Å². The largest absolute Gasteiger partial charge is 0.573 e. The summed E-state index contributed by atoms with van der Waals surface area (Å²) in [5, 5.41) is 13.3. The second-order valence-corrected chi connectivity index (χ2v) is 9.19. The van der Waals surface area contributed by atoms with Crippen molar-refractivity contribution in [1.29, 1.82) is 0 Å². The van der Waals surface area contributed by atoms with Crippen molar-refractivity contribution in [2.45, 2.75) is 25.6 Å². The molecule has 0 aromatic heterocycles. The lowest BCUT2D eigenvalue weighted by molar-refractivity contribution is -0.274. The molecule has 3 aromatic rings. The van der Waals surface area contributed by atoms with Crippen molar-refractivity contribution in [3.63, 3.8) is 0 Å². The van der Waals surface area contributed by atoms with Gasteiger partial charge in [0.05, 0.1) is 12.1 Å². The Kier molecular flexibility index (Phi) is 9.98. The van der Waals surface area contributed by atoms with Crippen LogP contribution in [0.15, 0.2) is 91.1 Å². The minimum Gasteiger partial charge on any atom is -0.481 e. The number of carbonyl (C=O) groups excluding carboxylic acids is 1. The molecule has 0 aliphatic rings. The van der Waals surface area contributed by atoms with Crippen LogP contribution >= 0.6 is 11.6 Å². The number of ether oxygens (including phenoxy) is 1. The summed E-state index contributed by atoms with van der Waals surface area (Å²) in [6.45, 7) is 6.00. The summed E-state index contributed by atoms with van der Waals surface area (Å²) in [6.07, 6.45) is -3.26. The van der Waals surface area contributed by atoms with E-state index in [2.05, 4.69) is 16.6 Å². The predicted molar refractivity (Wildman–Crippen MR) is 148 cm³/mol. The van der Waals surface area contributed by atoms with Crippen LogP contribution in [0.3, 0.4) is 0 Å². The number of nitrogens with one attached hydrogen (secondary N) is 1. The van der Waals surface area contributed by atoms with Gasteiger partial charge in [-0.05, 0) is 71.3 Å². The maximum absolute atomic E-state index is 12.5. The number of halogens is 4. The number of amides is 1. The van der Waals surface area contributed by atoms with E-state index in [1.54, 1.807) is 42.5 Å². The second-order valence-electron chi connectivity index (χ2n) is 8.76. The van der Waals surface area contributed by atoms with Crippen molar-refractivity contribution in [2.24, 2.45) is 5.84 Å². The summed E-state index contributed by atoms with van der Waals surface area (Å²) in [5.41, 5.74) is 3.39. The molecule has 1 unspecified atom stereocenters. The fourth-order valence-corrected chi connectivity index (χ4v) is 3.89. The van der Waals surface area contributed by atoms with Crippen LogP contribution < -0.4 is 20.9 Å². The van der Waals surface area contributed by atoms with Crippen LogP contribution in [0.5, 0.6) is 5.75 Å². The average molecular weight is 574 g/mol. The van der Waals surface area contributed by atoms with Gasteiger partial charge in [0, 0.05) is 28.7 Å². The number of carboxylic acids is 1. The number of anilines is 1. The number of hydrogen-bond donors (Lipinski definition) is 3. The van der Waals surface area contributed by atoms with Gasteiger partial charge in [0.2, 0.25) is 0 Å². The lowest BCUT2D eigenvalue weighted by Gasteiger charge is -2.28. The van der Waals surface area contributed by atoms with E-state index in [-0.39, 0.29) is 24.6 Å². The number of rotatable bonds is 11. The van der Waals surface area contributed by atoms with Gasteiger partial charge >= 0.3 is 12.3 Å². The maximum atomic E-state index is 12.5. The molecule has 40 heavy (non-hydrogen) atoms. The maximum Gasteiger partial charge on any atom is 0.573 e. The molecule has 0 fully saturated rings. The van der Waals surface area contributed by atoms with Crippen LogP contribution in [-0.4, -0.2) is 29.9 Å².